The Morgan fingerprint density at radius 3 is 2.63 bits per heavy atom. The molecule has 142 valence electrons. The lowest BCUT2D eigenvalue weighted by Crippen LogP contribution is -2.26. The predicted molar refractivity (Wildman–Crippen MR) is 99.2 cm³/mol. The summed E-state index contributed by atoms with van der Waals surface area (Å²) in [6, 6.07) is 7.17. The number of furan rings is 1. The molecule has 0 spiro atoms. The second-order valence-corrected chi connectivity index (χ2v) is 6.47. The van der Waals surface area contributed by atoms with E-state index in [4.69, 9.17) is 9.52 Å². The molecule has 7 heteroatoms. The van der Waals surface area contributed by atoms with E-state index in [1.54, 1.807) is 6.92 Å². The SMILES string of the molecule is CCc1ccc2c(c1)C(CCNC(=O)c1cc(C(=O)O)c(CC)o1)C(=O)N2. The average Bonchev–Trinajstić information content (AvgIpc) is 3.22. The highest BCUT2D eigenvalue weighted by Gasteiger charge is 2.30. The molecule has 1 aromatic carbocycles. The zero-order chi connectivity index (χ0) is 19.6. The summed E-state index contributed by atoms with van der Waals surface area (Å²) in [6.07, 6.45) is 1.72. The molecule has 3 N–H and O–H groups in total. The highest BCUT2D eigenvalue weighted by Crippen LogP contribution is 2.35. The van der Waals surface area contributed by atoms with Gasteiger partial charge in [-0.25, -0.2) is 4.79 Å². The molecule has 1 unspecified atom stereocenters. The summed E-state index contributed by atoms with van der Waals surface area (Å²) < 4.78 is 5.35. The van der Waals surface area contributed by atoms with E-state index in [-0.39, 0.29) is 35.5 Å². The number of aromatic carboxylic acids is 1. The lowest BCUT2D eigenvalue weighted by atomic mass is 9.95. The topological polar surface area (TPSA) is 109 Å². The number of carboxylic acid groups (broad SMARTS) is 1. The molecule has 0 radical (unpaired) electrons. The molecular weight excluding hydrogens is 348 g/mol. The van der Waals surface area contributed by atoms with E-state index >= 15 is 0 Å². The number of hydrogen-bond donors (Lipinski definition) is 3. The maximum absolute atomic E-state index is 12.3. The fourth-order valence-electron chi connectivity index (χ4n) is 3.28. The molecule has 2 heterocycles. The Hall–Kier alpha value is -3.09. The van der Waals surface area contributed by atoms with Crippen molar-refractivity contribution in [2.75, 3.05) is 11.9 Å². The van der Waals surface area contributed by atoms with Gasteiger partial charge in [0.15, 0.2) is 5.76 Å². The normalized spacial score (nSPS) is 15.3. The zero-order valence-electron chi connectivity index (χ0n) is 15.3. The van der Waals surface area contributed by atoms with Crippen LogP contribution in [0.2, 0.25) is 0 Å². The first kappa shape index (κ1) is 18.7. The maximum Gasteiger partial charge on any atom is 0.339 e. The number of rotatable bonds is 7. The van der Waals surface area contributed by atoms with Gasteiger partial charge < -0.3 is 20.2 Å². The van der Waals surface area contributed by atoms with Gasteiger partial charge in [0.1, 0.15) is 11.3 Å². The number of carboxylic acids is 1. The van der Waals surface area contributed by atoms with E-state index in [1.807, 2.05) is 18.2 Å². The van der Waals surface area contributed by atoms with Crippen LogP contribution in [0.1, 0.15) is 64.0 Å². The van der Waals surface area contributed by atoms with E-state index in [1.165, 1.54) is 6.07 Å². The predicted octanol–water partition coefficient (Wildman–Crippen LogP) is 2.96. The number of amides is 2. The van der Waals surface area contributed by atoms with Crippen molar-refractivity contribution in [3.05, 3.63) is 52.5 Å². The van der Waals surface area contributed by atoms with E-state index in [9.17, 15) is 14.4 Å². The van der Waals surface area contributed by atoms with Crippen LogP contribution >= 0.6 is 0 Å². The number of hydrogen-bond acceptors (Lipinski definition) is 4. The Morgan fingerprint density at radius 1 is 1.22 bits per heavy atom. The molecule has 2 amide bonds. The lowest BCUT2D eigenvalue weighted by Gasteiger charge is -2.10. The fourth-order valence-corrected chi connectivity index (χ4v) is 3.28. The Labute approximate surface area is 156 Å². The molecule has 2 aromatic rings. The van der Waals surface area contributed by atoms with E-state index in [0.29, 0.717) is 12.8 Å². The Balaban J connectivity index is 1.64. The van der Waals surface area contributed by atoms with Gasteiger partial charge in [0.05, 0.1) is 5.92 Å². The van der Waals surface area contributed by atoms with Crippen molar-refractivity contribution in [1.29, 1.82) is 0 Å². The van der Waals surface area contributed by atoms with Gasteiger partial charge in [0.25, 0.3) is 5.91 Å². The van der Waals surface area contributed by atoms with Crippen LogP contribution in [0.15, 0.2) is 28.7 Å². The summed E-state index contributed by atoms with van der Waals surface area (Å²) in [7, 11) is 0. The minimum atomic E-state index is -1.12. The molecular formula is C20H22N2O5. The van der Waals surface area contributed by atoms with Crippen LogP contribution in [-0.4, -0.2) is 29.4 Å². The second kappa shape index (κ2) is 7.65. The van der Waals surface area contributed by atoms with Crippen LogP contribution in [0.3, 0.4) is 0 Å². The zero-order valence-corrected chi connectivity index (χ0v) is 15.3. The first-order valence-corrected chi connectivity index (χ1v) is 9.02. The standard InChI is InChI=1S/C20H22N2O5/c1-3-11-5-6-15-13(9-11)12(18(23)22-15)7-8-21-19(24)17-10-14(20(25)26)16(4-2)27-17/h5-6,9-10,12H,3-4,7-8H2,1-2H3,(H,21,24)(H,22,23)(H,25,26). The van der Waals surface area contributed by atoms with Gasteiger partial charge in [0.2, 0.25) is 5.91 Å². The largest absolute Gasteiger partial charge is 0.478 e. The third-order valence-corrected chi connectivity index (χ3v) is 4.78. The molecule has 1 aliphatic rings. The monoisotopic (exact) mass is 370 g/mol. The van der Waals surface area contributed by atoms with Crippen molar-refractivity contribution in [3.8, 4) is 0 Å². The van der Waals surface area contributed by atoms with Crippen molar-refractivity contribution in [2.24, 2.45) is 0 Å². The number of nitrogens with one attached hydrogen (secondary N) is 2. The number of carbonyl (C=O) groups excluding carboxylic acids is 2. The smallest absolute Gasteiger partial charge is 0.339 e. The quantitative estimate of drug-likeness (QED) is 0.694. The first-order valence-electron chi connectivity index (χ1n) is 9.02. The highest BCUT2D eigenvalue weighted by molar-refractivity contribution is 6.03. The molecule has 0 fully saturated rings. The Bertz CT molecular complexity index is 900. The summed E-state index contributed by atoms with van der Waals surface area (Å²) in [6.45, 7) is 4.09. The Kier molecular flexibility index (Phi) is 5.30. The average molecular weight is 370 g/mol. The number of anilines is 1. The maximum atomic E-state index is 12.3. The number of benzene rings is 1. The van der Waals surface area contributed by atoms with Crippen LogP contribution < -0.4 is 10.6 Å². The molecule has 0 saturated carbocycles. The van der Waals surface area contributed by atoms with Gasteiger partial charge in [-0.2, -0.15) is 0 Å². The second-order valence-electron chi connectivity index (χ2n) is 6.47. The molecule has 27 heavy (non-hydrogen) atoms. The Morgan fingerprint density at radius 2 is 2.00 bits per heavy atom. The molecule has 7 nitrogen and oxygen atoms in total. The van der Waals surface area contributed by atoms with Gasteiger partial charge in [-0.3, -0.25) is 9.59 Å². The van der Waals surface area contributed by atoms with E-state index in [0.717, 1.165) is 23.2 Å². The number of aryl methyl sites for hydroxylation is 2. The van der Waals surface area contributed by atoms with E-state index in [2.05, 4.69) is 17.6 Å². The van der Waals surface area contributed by atoms with Gasteiger partial charge in [-0.05, 0) is 30.0 Å². The molecule has 1 aromatic heterocycles. The summed E-state index contributed by atoms with van der Waals surface area (Å²) in [5.41, 5.74) is 2.92. The van der Waals surface area contributed by atoms with Crippen LogP contribution in [0.25, 0.3) is 0 Å². The molecule has 0 bridgehead atoms. The molecule has 1 atom stereocenters. The number of carbonyl (C=O) groups is 3. The van der Waals surface area contributed by atoms with Crippen LogP contribution in [0.5, 0.6) is 0 Å². The molecule has 0 aliphatic carbocycles. The van der Waals surface area contributed by atoms with Crippen molar-refractivity contribution < 1.29 is 23.9 Å². The summed E-state index contributed by atoms with van der Waals surface area (Å²) in [5.74, 6) is -1.77. The number of fused-ring (bicyclic) bond motifs is 1. The molecule has 3 rings (SSSR count). The van der Waals surface area contributed by atoms with Crippen molar-refractivity contribution in [1.82, 2.24) is 5.32 Å². The fraction of sp³-hybridized carbons (Fsp3) is 0.350. The highest BCUT2D eigenvalue weighted by atomic mass is 16.4. The molecule has 1 aliphatic heterocycles. The van der Waals surface area contributed by atoms with Gasteiger partial charge in [-0.1, -0.05) is 26.0 Å². The minimum Gasteiger partial charge on any atom is -0.478 e. The third kappa shape index (κ3) is 3.72. The minimum absolute atomic E-state index is 0.00107. The van der Waals surface area contributed by atoms with Crippen LogP contribution in [0.4, 0.5) is 5.69 Å². The van der Waals surface area contributed by atoms with Gasteiger partial charge in [0, 0.05) is 24.7 Å². The summed E-state index contributed by atoms with van der Waals surface area (Å²) in [5, 5.41) is 14.7. The molecule has 0 saturated heterocycles. The van der Waals surface area contributed by atoms with Crippen LogP contribution in [0, 0.1) is 0 Å². The van der Waals surface area contributed by atoms with Gasteiger partial charge in [-0.15, -0.1) is 0 Å². The van der Waals surface area contributed by atoms with Crippen molar-refractivity contribution in [2.45, 2.75) is 39.0 Å². The van der Waals surface area contributed by atoms with Crippen molar-refractivity contribution >= 4 is 23.5 Å². The van der Waals surface area contributed by atoms with Gasteiger partial charge >= 0.3 is 5.97 Å². The first-order chi connectivity index (χ1) is 12.9. The summed E-state index contributed by atoms with van der Waals surface area (Å²) >= 11 is 0. The summed E-state index contributed by atoms with van der Waals surface area (Å²) in [4.78, 5) is 35.7. The third-order valence-electron chi connectivity index (χ3n) is 4.78. The van der Waals surface area contributed by atoms with Crippen LogP contribution in [-0.2, 0) is 17.6 Å². The van der Waals surface area contributed by atoms with E-state index < -0.39 is 11.9 Å². The van der Waals surface area contributed by atoms with Crippen molar-refractivity contribution in [3.63, 3.8) is 0 Å². The lowest BCUT2D eigenvalue weighted by molar-refractivity contribution is -0.117.